The number of aromatic nitrogens is 2. The van der Waals surface area contributed by atoms with Gasteiger partial charge in [0, 0.05) is 28.9 Å². The van der Waals surface area contributed by atoms with Gasteiger partial charge in [-0.25, -0.2) is 4.39 Å². The number of benzene rings is 2. The second-order valence-corrected chi connectivity index (χ2v) is 6.82. The molecule has 0 aliphatic rings. The number of aromatic amines is 1. The van der Waals surface area contributed by atoms with Crippen molar-refractivity contribution in [2.75, 3.05) is 7.11 Å². The molecule has 4 aromatic rings. The van der Waals surface area contributed by atoms with Gasteiger partial charge in [0.1, 0.15) is 11.6 Å². The number of H-pyrrole nitrogens is 1. The fraction of sp³-hybridized carbons (Fsp3) is 0.130. The Balaban J connectivity index is 2.02. The van der Waals surface area contributed by atoms with Crippen molar-refractivity contribution in [3.05, 3.63) is 82.2 Å². The average Bonchev–Trinajstić information content (AvgIpc) is 2.69. The molecule has 4 nitrogen and oxygen atoms in total. The molecule has 4 rings (SSSR count). The summed E-state index contributed by atoms with van der Waals surface area (Å²) in [7, 11) is 1.61. The van der Waals surface area contributed by atoms with Gasteiger partial charge in [-0.2, -0.15) is 0 Å². The molecule has 0 fully saturated rings. The van der Waals surface area contributed by atoms with Crippen LogP contribution in [0.3, 0.4) is 0 Å². The average molecular weight is 374 g/mol. The van der Waals surface area contributed by atoms with Crippen molar-refractivity contribution in [2.24, 2.45) is 0 Å². The molecule has 0 unspecified atom stereocenters. The van der Waals surface area contributed by atoms with Crippen LogP contribution in [-0.4, -0.2) is 17.1 Å². The highest BCUT2D eigenvalue weighted by atomic mass is 19.1. The van der Waals surface area contributed by atoms with E-state index >= 15 is 0 Å². The summed E-state index contributed by atoms with van der Waals surface area (Å²) in [6.45, 7) is 3.94. The molecule has 1 N–H and O–H groups in total. The van der Waals surface area contributed by atoms with Gasteiger partial charge in [0.05, 0.1) is 18.2 Å². The lowest BCUT2D eigenvalue weighted by atomic mass is 9.97. The van der Waals surface area contributed by atoms with Crippen molar-refractivity contribution >= 4 is 10.9 Å². The number of rotatable bonds is 3. The Morgan fingerprint density at radius 2 is 1.75 bits per heavy atom. The standard InChI is InChI=1S/C23H19FN2O2/c1-13-4-6-15(7-5-13)16-9-20-21(25-11-16)18(8-14(2)22(20)28-3)19-10-17(24)12-26-23(19)27/h4-12H,1-3H3,(H,26,27). The van der Waals surface area contributed by atoms with Crippen molar-refractivity contribution in [3.63, 3.8) is 0 Å². The van der Waals surface area contributed by atoms with Gasteiger partial charge in [0.2, 0.25) is 0 Å². The molecule has 2 heterocycles. The molecule has 0 atom stereocenters. The second kappa shape index (κ2) is 6.93. The van der Waals surface area contributed by atoms with Crippen LogP contribution in [0.4, 0.5) is 4.39 Å². The summed E-state index contributed by atoms with van der Waals surface area (Å²) in [5, 5.41) is 0.777. The maximum absolute atomic E-state index is 13.8. The quantitative estimate of drug-likeness (QED) is 0.548. The van der Waals surface area contributed by atoms with E-state index in [1.54, 1.807) is 13.3 Å². The number of hydrogen-bond acceptors (Lipinski definition) is 3. The molecule has 2 aromatic carbocycles. The first-order chi connectivity index (χ1) is 13.5. The Kier molecular flexibility index (Phi) is 4.43. The Labute approximate surface area is 161 Å². The van der Waals surface area contributed by atoms with E-state index in [9.17, 15) is 9.18 Å². The number of halogens is 1. The minimum atomic E-state index is -0.507. The van der Waals surface area contributed by atoms with Gasteiger partial charge in [-0.1, -0.05) is 29.8 Å². The van der Waals surface area contributed by atoms with Gasteiger partial charge in [0.15, 0.2) is 0 Å². The van der Waals surface area contributed by atoms with Crippen LogP contribution in [0, 0.1) is 19.7 Å². The van der Waals surface area contributed by atoms with Gasteiger partial charge in [-0.05, 0) is 43.2 Å². The van der Waals surface area contributed by atoms with Gasteiger partial charge in [0.25, 0.3) is 5.56 Å². The number of hydrogen-bond donors (Lipinski definition) is 1. The Morgan fingerprint density at radius 1 is 1.00 bits per heavy atom. The van der Waals surface area contributed by atoms with E-state index in [4.69, 9.17) is 4.74 Å². The number of ether oxygens (including phenoxy) is 1. The lowest BCUT2D eigenvalue weighted by molar-refractivity contribution is 0.417. The fourth-order valence-electron chi connectivity index (χ4n) is 3.45. The topological polar surface area (TPSA) is 55.0 Å². The maximum atomic E-state index is 13.8. The normalized spacial score (nSPS) is 11.0. The zero-order valence-corrected chi connectivity index (χ0v) is 15.8. The Bertz CT molecular complexity index is 1240. The van der Waals surface area contributed by atoms with E-state index in [1.807, 2.05) is 50.2 Å². The Hall–Kier alpha value is -3.47. The maximum Gasteiger partial charge on any atom is 0.256 e. The predicted octanol–water partition coefficient (Wildman–Crippen LogP) is 5.02. The third-order valence-electron chi connectivity index (χ3n) is 4.85. The van der Waals surface area contributed by atoms with E-state index < -0.39 is 5.82 Å². The number of nitrogens with one attached hydrogen (secondary N) is 1. The summed E-state index contributed by atoms with van der Waals surface area (Å²) in [5.41, 5.74) is 5.04. The second-order valence-electron chi connectivity index (χ2n) is 6.82. The third-order valence-corrected chi connectivity index (χ3v) is 4.85. The van der Waals surface area contributed by atoms with Crippen molar-refractivity contribution in [1.29, 1.82) is 0 Å². The molecule has 0 bridgehead atoms. The zero-order chi connectivity index (χ0) is 19.8. The van der Waals surface area contributed by atoms with E-state index in [0.717, 1.165) is 28.3 Å². The van der Waals surface area contributed by atoms with Crippen LogP contribution in [0.25, 0.3) is 33.2 Å². The summed E-state index contributed by atoms with van der Waals surface area (Å²) >= 11 is 0. The van der Waals surface area contributed by atoms with Crippen LogP contribution in [0.5, 0.6) is 5.75 Å². The molecule has 0 saturated carbocycles. The molecule has 0 aliphatic heterocycles. The first-order valence-corrected chi connectivity index (χ1v) is 8.91. The van der Waals surface area contributed by atoms with Gasteiger partial charge in [-0.15, -0.1) is 0 Å². The van der Waals surface area contributed by atoms with Crippen LogP contribution in [0.1, 0.15) is 11.1 Å². The molecule has 28 heavy (non-hydrogen) atoms. The smallest absolute Gasteiger partial charge is 0.256 e. The van der Waals surface area contributed by atoms with Gasteiger partial charge >= 0.3 is 0 Å². The van der Waals surface area contributed by atoms with Crippen molar-refractivity contribution in [3.8, 4) is 28.0 Å². The van der Waals surface area contributed by atoms with Crippen molar-refractivity contribution in [1.82, 2.24) is 9.97 Å². The Morgan fingerprint density at radius 3 is 2.46 bits per heavy atom. The van der Waals surface area contributed by atoms with Crippen LogP contribution in [0.15, 0.2) is 59.7 Å². The number of fused-ring (bicyclic) bond motifs is 1. The first-order valence-electron chi connectivity index (χ1n) is 8.91. The molecule has 0 saturated heterocycles. The fourth-order valence-corrected chi connectivity index (χ4v) is 3.45. The number of aryl methyl sites for hydroxylation is 2. The summed E-state index contributed by atoms with van der Waals surface area (Å²) < 4.78 is 19.4. The number of nitrogens with zero attached hydrogens (tertiary/aromatic N) is 1. The SMILES string of the molecule is COc1c(C)cc(-c2cc(F)c[nH]c2=O)c2ncc(-c3ccc(C)cc3)cc12. The van der Waals surface area contributed by atoms with E-state index in [-0.39, 0.29) is 11.1 Å². The lowest BCUT2D eigenvalue weighted by Crippen LogP contribution is -2.09. The number of methoxy groups -OCH3 is 1. The molecule has 0 spiro atoms. The minimum absolute atomic E-state index is 0.242. The van der Waals surface area contributed by atoms with Crippen molar-refractivity contribution in [2.45, 2.75) is 13.8 Å². The van der Waals surface area contributed by atoms with Crippen LogP contribution >= 0.6 is 0 Å². The first kappa shape index (κ1) is 17.9. The lowest BCUT2D eigenvalue weighted by Gasteiger charge is -2.14. The van der Waals surface area contributed by atoms with Gasteiger partial charge in [-0.3, -0.25) is 9.78 Å². The summed E-state index contributed by atoms with van der Waals surface area (Å²) in [6.07, 6.45) is 2.81. The molecule has 0 aliphatic carbocycles. The summed E-state index contributed by atoms with van der Waals surface area (Å²) in [4.78, 5) is 19.4. The van der Waals surface area contributed by atoms with Gasteiger partial charge < -0.3 is 9.72 Å². The molecule has 5 heteroatoms. The molecular weight excluding hydrogens is 355 g/mol. The molecular formula is C23H19FN2O2. The highest BCUT2D eigenvalue weighted by molar-refractivity contribution is 6.00. The van der Waals surface area contributed by atoms with E-state index in [0.29, 0.717) is 16.8 Å². The van der Waals surface area contributed by atoms with E-state index in [2.05, 4.69) is 9.97 Å². The summed E-state index contributed by atoms with van der Waals surface area (Å²) in [6, 6.07) is 13.2. The molecule has 140 valence electrons. The van der Waals surface area contributed by atoms with Crippen LogP contribution < -0.4 is 10.3 Å². The minimum Gasteiger partial charge on any atom is -0.496 e. The van der Waals surface area contributed by atoms with Crippen molar-refractivity contribution < 1.29 is 9.13 Å². The third kappa shape index (κ3) is 3.05. The molecule has 2 aromatic heterocycles. The predicted molar refractivity (Wildman–Crippen MR) is 109 cm³/mol. The largest absolute Gasteiger partial charge is 0.496 e. The zero-order valence-electron chi connectivity index (χ0n) is 15.8. The molecule has 0 radical (unpaired) electrons. The highest BCUT2D eigenvalue weighted by Crippen LogP contribution is 2.37. The number of pyridine rings is 2. The van der Waals surface area contributed by atoms with Crippen LogP contribution in [0.2, 0.25) is 0 Å². The van der Waals surface area contributed by atoms with E-state index in [1.165, 1.54) is 11.6 Å². The highest BCUT2D eigenvalue weighted by Gasteiger charge is 2.16. The van der Waals surface area contributed by atoms with Crippen LogP contribution in [-0.2, 0) is 0 Å². The summed E-state index contributed by atoms with van der Waals surface area (Å²) in [5.74, 6) is 0.181. The molecule has 0 amide bonds. The monoisotopic (exact) mass is 374 g/mol.